The second-order valence-electron chi connectivity index (χ2n) is 4.89. The van der Waals surface area contributed by atoms with E-state index in [1.54, 1.807) is 6.20 Å². The molecule has 1 unspecified atom stereocenters. The average molecular weight is 291 g/mol. The molecule has 1 atom stereocenters. The van der Waals surface area contributed by atoms with Crippen molar-refractivity contribution in [3.05, 3.63) is 41.5 Å². The molecular weight excluding hydrogens is 276 g/mol. The topological polar surface area (TPSA) is 56.7 Å². The van der Waals surface area contributed by atoms with Crippen molar-refractivity contribution in [1.29, 1.82) is 0 Å². The van der Waals surface area contributed by atoms with Gasteiger partial charge in [0.15, 0.2) is 5.65 Å². The second-order valence-corrected chi connectivity index (χ2v) is 5.55. The standard InChI is InChI=1S/C14H15ClN4O/c1-8-4-11-14(17-5-8)19(13(18-11)10(3)15)7-12-16-6-9(2)20-12/h4-6,10H,7H2,1-3H3. The Hall–Kier alpha value is -1.88. The number of nitrogens with zero attached hydrogens (tertiary/aromatic N) is 4. The predicted octanol–water partition coefficient (Wildman–Crippen LogP) is 3.38. The summed E-state index contributed by atoms with van der Waals surface area (Å²) >= 11 is 6.23. The summed E-state index contributed by atoms with van der Waals surface area (Å²) in [6, 6.07) is 2.00. The third-order valence-electron chi connectivity index (χ3n) is 3.07. The summed E-state index contributed by atoms with van der Waals surface area (Å²) in [5.41, 5.74) is 2.72. The molecule has 3 rings (SSSR count). The normalized spacial score (nSPS) is 13.0. The summed E-state index contributed by atoms with van der Waals surface area (Å²) in [6.07, 6.45) is 3.53. The minimum absolute atomic E-state index is 0.208. The lowest BCUT2D eigenvalue weighted by Gasteiger charge is -2.07. The zero-order chi connectivity index (χ0) is 14.3. The van der Waals surface area contributed by atoms with Crippen LogP contribution in [0.3, 0.4) is 0 Å². The summed E-state index contributed by atoms with van der Waals surface area (Å²) in [5, 5.41) is -0.208. The minimum Gasteiger partial charge on any atom is -0.444 e. The second kappa shape index (κ2) is 4.90. The molecule has 6 heteroatoms. The molecule has 0 fully saturated rings. The molecule has 3 aromatic heterocycles. The lowest BCUT2D eigenvalue weighted by Crippen LogP contribution is -2.06. The Morgan fingerprint density at radius 1 is 1.30 bits per heavy atom. The number of oxazole rings is 1. The predicted molar refractivity (Wildman–Crippen MR) is 76.9 cm³/mol. The quantitative estimate of drug-likeness (QED) is 0.694. The monoisotopic (exact) mass is 290 g/mol. The Kier molecular flexibility index (Phi) is 3.22. The first-order valence-corrected chi connectivity index (χ1v) is 6.86. The Labute approximate surface area is 121 Å². The molecule has 3 heterocycles. The highest BCUT2D eigenvalue weighted by Crippen LogP contribution is 2.24. The molecule has 0 aliphatic rings. The molecule has 0 radical (unpaired) electrons. The molecule has 0 aromatic carbocycles. The summed E-state index contributed by atoms with van der Waals surface area (Å²) < 4.78 is 7.49. The van der Waals surface area contributed by atoms with Crippen molar-refractivity contribution in [2.24, 2.45) is 0 Å². The highest BCUT2D eigenvalue weighted by molar-refractivity contribution is 6.20. The van der Waals surface area contributed by atoms with Gasteiger partial charge in [-0.1, -0.05) is 0 Å². The van der Waals surface area contributed by atoms with Crippen molar-refractivity contribution < 1.29 is 4.42 Å². The van der Waals surface area contributed by atoms with Gasteiger partial charge in [0.2, 0.25) is 5.89 Å². The van der Waals surface area contributed by atoms with Crippen LogP contribution in [0.1, 0.15) is 35.3 Å². The Bertz CT molecular complexity index is 760. The largest absolute Gasteiger partial charge is 0.444 e. The van der Waals surface area contributed by atoms with Gasteiger partial charge in [-0.2, -0.15) is 0 Å². The van der Waals surface area contributed by atoms with Gasteiger partial charge in [0.1, 0.15) is 23.6 Å². The summed E-state index contributed by atoms with van der Waals surface area (Å²) in [4.78, 5) is 13.3. The molecule has 0 saturated heterocycles. The van der Waals surface area contributed by atoms with Gasteiger partial charge in [-0.25, -0.2) is 15.0 Å². The smallest absolute Gasteiger partial charge is 0.214 e. The molecule has 0 spiro atoms. The molecule has 0 aliphatic carbocycles. The fourth-order valence-electron chi connectivity index (χ4n) is 2.20. The number of imidazole rings is 1. The fraction of sp³-hybridized carbons (Fsp3) is 0.357. The molecule has 0 amide bonds. The summed E-state index contributed by atoms with van der Waals surface area (Å²) in [7, 11) is 0. The Balaban J connectivity index is 2.13. The number of halogens is 1. The molecule has 5 nitrogen and oxygen atoms in total. The Morgan fingerprint density at radius 3 is 2.75 bits per heavy atom. The average Bonchev–Trinajstić information content (AvgIpc) is 2.94. The van der Waals surface area contributed by atoms with Crippen LogP contribution in [0, 0.1) is 13.8 Å². The van der Waals surface area contributed by atoms with E-state index in [1.807, 2.05) is 37.6 Å². The first-order valence-electron chi connectivity index (χ1n) is 6.43. The SMILES string of the molecule is Cc1cnc2c(c1)nc(C(C)Cl)n2Cc1ncc(C)o1. The van der Waals surface area contributed by atoms with E-state index in [1.165, 1.54) is 0 Å². The molecule has 0 bridgehead atoms. The van der Waals surface area contributed by atoms with Crippen molar-refractivity contribution in [3.8, 4) is 0 Å². The highest BCUT2D eigenvalue weighted by atomic mass is 35.5. The number of rotatable bonds is 3. The van der Waals surface area contributed by atoms with Crippen LogP contribution in [0.5, 0.6) is 0 Å². The van der Waals surface area contributed by atoms with Crippen molar-refractivity contribution in [2.45, 2.75) is 32.7 Å². The van der Waals surface area contributed by atoms with Crippen LogP contribution in [0.4, 0.5) is 0 Å². The maximum atomic E-state index is 6.23. The van der Waals surface area contributed by atoms with Gasteiger partial charge in [-0.3, -0.25) is 0 Å². The van der Waals surface area contributed by atoms with E-state index >= 15 is 0 Å². The van der Waals surface area contributed by atoms with Crippen LogP contribution >= 0.6 is 11.6 Å². The van der Waals surface area contributed by atoms with Gasteiger partial charge in [-0.05, 0) is 32.4 Å². The van der Waals surface area contributed by atoms with E-state index in [0.717, 1.165) is 28.3 Å². The van der Waals surface area contributed by atoms with Crippen molar-refractivity contribution in [2.75, 3.05) is 0 Å². The number of fused-ring (bicyclic) bond motifs is 1. The number of hydrogen-bond donors (Lipinski definition) is 0. The van der Waals surface area contributed by atoms with E-state index in [0.29, 0.717) is 12.4 Å². The number of aryl methyl sites for hydroxylation is 2. The summed E-state index contributed by atoms with van der Waals surface area (Å²) in [6.45, 7) is 6.24. The van der Waals surface area contributed by atoms with E-state index in [9.17, 15) is 0 Å². The highest BCUT2D eigenvalue weighted by Gasteiger charge is 2.17. The molecule has 3 aromatic rings. The van der Waals surface area contributed by atoms with E-state index in [2.05, 4.69) is 15.0 Å². The fourth-order valence-corrected chi connectivity index (χ4v) is 2.37. The van der Waals surface area contributed by atoms with Crippen LogP contribution in [0.15, 0.2) is 22.9 Å². The van der Waals surface area contributed by atoms with Crippen LogP contribution < -0.4 is 0 Å². The first kappa shape index (κ1) is 13.1. The zero-order valence-corrected chi connectivity index (χ0v) is 12.3. The molecule has 0 aliphatic heterocycles. The van der Waals surface area contributed by atoms with Gasteiger partial charge in [0, 0.05) is 6.20 Å². The maximum absolute atomic E-state index is 6.23. The van der Waals surface area contributed by atoms with Crippen molar-refractivity contribution in [3.63, 3.8) is 0 Å². The lowest BCUT2D eigenvalue weighted by molar-refractivity contribution is 0.455. The third-order valence-corrected chi connectivity index (χ3v) is 3.26. The number of alkyl halides is 1. The van der Waals surface area contributed by atoms with E-state index in [4.69, 9.17) is 16.0 Å². The molecule has 20 heavy (non-hydrogen) atoms. The van der Waals surface area contributed by atoms with Crippen molar-refractivity contribution >= 4 is 22.8 Å². The lowest BCUT2D eigenvalue weighted by atomic mass is 10.3. The number of hydrogen-bond acceptors (Lipinski definition) is 4. The van der Waals surface area contributed by atoms with Crippen LogP contribution in [-0.2, 0) is 6.54 Å². The maximum Gasteiger partial charge on any atom is 0.214 e. The number of pyridine rings is 1. The van der Waals surface area contributed by atoms with Gasteiger partial charge < -0.3 is 8.98 Å². The number of aromatic nitrogens is 4. The van der Waals surface area contributed by atoms with Crippen LogP contribution in [0.2, 0.25) is 0 Å². The van der Waals surface area contributed by atoms with Crippen LogP contribution in [-0.4, -0.2) is 19.5 Å². The van der Waals surface area contributed by atoms with E-state index < -0.39 is 0 Å². The summed E-state index contributed by atoms with van der Waals surface area (Å²) in [5.74, 6) is 2.19. The van der Waals surface area contributed by atoms with Crippen LogP contribution in [0.25, 0.3) is 11.2 Å². The first-order chi connectivity index (χ1) is 9.54. The molecule has 104 valence electrons. The zero-order valence-electron chi connectivity index (χ0n) is 11.6. The van der Waals surface area contributed by atoms with E-state index in [-0.39, 0.29) is 5.38 Å². The minimum atomic E-state index is -0.208. The molecule has 0 N–H and O–H groups in total. The van der Waals surface area contributed by atoms with Crippen molar-refractivity contribution in [1.82, 2.24) is 19.5 Å². The van der Waals surface area contributed by atoms with Gasteiger partial charge >= 0.3 is 0 Å². The molecular formula is C14H15ClN4O. The molecule has 0 saturated carbocycles. The van der Waals surface area contributed by atoms with Gasteiger partial charge in [0.05, 0.1) is 11.6 Å². The van der Waals surface area contributed by atoms with Gasteiger partial charge in [0.25, 0.3) is 0 Å². The van der Waals surface area contributed by atoms with Gasteiger partial charge in [-0.15, -0.1) is 11.6 Å². The third kappa shape index (κ3) is 2.29. The Morgan fingerprint density at radius 2 is 2.10 bits per heavy atom.